The summed E-state index contributed by atoms with van der Waals surface area (Å²) in [5.74, 6) is 1.30. The van der Waals surface area contributed by atoms with Crippen LogP contribution in [0.15, 0.2) is 65.9 Å². The van der Waals surface area contributed by atoms with Crippen molar-refractivity contribution in [2.24, 2.45) is 5.92 Å². The van der Waals surface area contributed by atoms with E-state index in [9.17, 15) is 14.4 Å². The second-order valence-electron chi connectivity index (χ2n) is 11.9. The maximum Gasteiger partial charge on any atom is 0.251 e. The van der Waals surface area contributed by atoms with Crippen LogP contribution in [0, 0.1) is 12.8 Å². The topological polar surface area (TPSA) is 97.4 Å². The van der Waals surface area contributed by atoms with Gasteiger partial charge in [-0.3, -0.25) is 19.4 Å². The number of pyridine rings is 1. The zero-order valence-electron chi connectivity index (χ0n) is 24.8. The molecular formula is C36H39N3O4. The van der Waals surface area contributed by atoms with Gasteiger partial charge in [-0.2, -0.15) is 0 Å². The van der Waals surface area contributed by atoms with Crippen molar-refractivity contribution in [2.45, 2.75) is 71.3 Å². The number of aryl methyl sites for hydroxylation is 2. The second-order valence-corrected chi connectivity index (χ2v) is 11.9. The maximum atomic E-state index is 13.0. The number of hydrogen-bond acceptors (Lipinski definition) is 5. The Bertz CT molecular complexity index is 1570. The average Bonchev–Trinajstić information content (AvgIpc) is 3.52. The number of hydrogen-bond donors (Lipinski definition) is 2. The average molecular weight is 578 g/mol. The van der Waals surface area contributed by atoms with Gasteiger partial charge in [0.15, 0.2) is 5.78 Å². The number of carbonyl (C=O) groups excluding carboxylic acids is 3. The number of allylic oxidation sites excluding steroid dienone is 1. The highest BCUT2D eigenvalue weighted by atomic mass is 16.5. The molecule has 7 nitrogen and oxygen atoms in total. The minimum Gasteiger partial charge on any atom is -0.493 e. The highest BCUT2D eigenvalue weighted by Crippen LogP contribution is 2.50. The molecule has 0 spiro atoms. The summed E-state index contributed by atoms with van der Waals surface area (Å²) < 4.78 is 5.57. The maximum absolute atomic E-state index is 13.0. The summed E-state index contributed by atoms with van der Waals surface area (Å²) in [6.45, 7) is 3.54. The number of rotatable bonds is 12. The number of aromatic nitrogens is 1. The van der Waals surface area contributed by atoms with Crippen LogP contribution in [0.1, 0.15) is 98.4 Å². The van der Waals surface area contributed by atoms with Crippen molar-refractivity contribution in [2.75, 3.05) is 13.2 Å². The van der Waals surface area contributed by atoms with Crippen LogP contribution in [0.5, 0.6) is 5.75 Å². The van der Waals surface area contributed by atoms with Gasteiger partial charge < -0.3 is 15.4 Å². The Hall–Kier alpha value is -4.26. The molecule has 1 saturated carbocycles. The molecule has 0 bridgehead atoms. The predicted octanol–water partition coefficient (Wildman–Crippen LogP) is 6.08. The second kappa shape index (κ2) is 12.9. The Morgan fingerprint density at radius 1 is 0.930 bits per heavy atom. The number of benzene rings is 2. The van der Waals surface area contributed by atoms with E-state index in [1.54, 1.807) is 35.5 Å². The van der Waals surface area contributed by atoms with Crippen molar-refractivity contribution in [3.05, 3.63) is 105 Å². The lowest BCUT2D eigenvalue weighted by atomic mass is 9.99. The monoisotopic (exact) mass is 577 g/mol. The first kappa shape index (κ1) is 28.8. The van der Waals surface area contributed by atoms with E-state index >= 15 is 0 Å². The smallest absolute Gasteiger partial charge is 0.251 e. The van der Waals surface area contributed by atoms with Crippen molar-refractivity contribution >= 4 is 17.6 Å². The van der Waals surface area contributed by atoms with Crippen molar-refractivity contribution in [1.82, 2.24) is 15.6 Å². The first-order valence-electron chi connectivity index (χ1n) is 15.6. The van der Waals surface area contributed by atoms with Crippen molar-refractivity contribution in [3.8, 4) is 5.75 Å². The molecule has 1 atom stereocenters. The van der Waals surface area contributed by atoms with E-state index < -0.39 is 0 Å². The van der Waals surface area contributed by atoms with Crippen molar-refractivity contribution in [1.29, 1.82) is 0 Å². The number of Topliss-reactive ketones (excluding diaryl/α,β-unsaturated/α-hetero) is 1. The van der Waals surface area contributed by atoms with Crippen LogP contribution in [0.25, 0.3) is 0 Å². The van der Waals surface area contributed by atoms with Gasteiger partial charge in [-0.25, -0.2) is 0 Å². The quantitative estimate of drug-likeness (QED) is 0.201. The van der Waals surface area contributed by atoms with E-state index in [2.05, 4.69) is 27.8 Å². The van der Waals surface area contributed by atoms with Crippen molar-refractivity contribution < 1.29 is 19.1 Å². The van der Waals surface area contributed by atoms with Crippen LogP contribution < -0.4 is 15.4 Å². The molecule has 6 rings (SSSR count). The molecule has 3 aromatic rings. The molecule has 2 heterocycles. The lowest BCUT2D eigenvalue weighted by Gasteiger charge is -2.10. The van der Waals surface area contributed by atoms with Gasteiger partial charge in [0.05, 0.1) is 6.61 Å². The first-order chi connectivity index (χ1) is 21.0. The van der Waals surface area contributed by atoms with E-state index in [1.165, 1.54) is 36.8 Å². The van der Waals surface area contributed by atoms with Gasteiger partial charge in [-0.15, -0.1) is 0 Å². The van der Waals surface area contributed by atoms with Crippen LogP contribution in [-0.4, -0.2) is 35.7 Å². The van der Waals surface area contributed by atoms with Gasteiger partial charge in [0.1, 0.15) is 11.4 Å². The third-order valence-electron chi connectivity index (χ3n) is 8.97. The zero-order chi connectivity index (χ0) is 29.8. The van der Waals surface area contributed by atoms with Crippen LogP contribution >= 0.6 is 0 Å². The summed E-state index contributed by atoms with van der Waals surface area (Å²) in [6.07, 6.45) is 10.5. The fourth-order valence-corrected chi connectivity index (χ4v) is 6.42. The predicted molar refractivity (Wildman–Crippen MR) is 165 cm³/mol. The molecule has 0 radical (unpaired) electrons. The zero-order valence-corrected chi connectivity index (χ0v) is 24.8. The lowest BCUT2D eigenvalue weighted by molar-refractivity contribution is 0.0941. The van der Waals surface area contributed by atoms with E-state index in [0.29, 0.717) is 48.3 Å². The number of fused-ring (bicyclic) bond motifs is 2. The SMILES string of the molecule is Cc1cnc(C(=O)CCCc2ccc3c(c2)CCO3)cc1C(=O)NCc1ccc(C(=O)NCCC2=C3CCCCC32)cc1. The van der Waals surface area contributed by atoms with E-state index in [1.807, 2.05) is 25.1 Å². The van der Waals surface area contributed by atoms with Gasteiger partial charge >= 0.3 is 0 Å². The molecule has 222 valence electrons. The summed E-state index contributed by atoms with van der Waals surface area (Å²) in [5, 5.41) is 5.98. The van der Waals surface area contributed by atoms with E-state index in [0.717, 1.165) is 43.1 Å². The number of nitrogens with one attached hydrogen (secondary N) is 2. The van der Waals surface area contributed by atoms with Gasteiger partial charge in [-0.05, 0) is 92.0 Å². The molecule has 43 heavy (non-hydrogen) atoms. The molecule has 3 aliphatic rings. The number of ketones is 1. The standard InChI is InChI=1S/C36H39N3O4/c1-23-21-38-32(33(40)8-4-5-24-11-14-34-27(19-24)16-18-43-34)20-31(23)36(42)39-22-25-9-12-26(13-10-25)35(41)37-17-15-30-28-6-2-3-7-29(28)30/h9-14,19-21,28H,2-8,15-18,22H2,1H3,(H,37,41)(H,39,42). The molecule has 1 unspecified atom stereocenters. The summed E-state index contributed by atoms with van der Waals surface area (Å²) in [5.41, 5.74) is 8.62. The molecular weight excluding hydrogens is 538 g/mol. The minimum absolute atomic E-state index is 0.0692. The summed E-state index contributed by atoms with van der Waals surface area (Å²) in [6, 6.07) is 15.1. The van der Waals surface area contributed by atoms with Gasteiger partial charge in [-0.1, -0.05) is 41.8 Å². The van der Waals surface area contributed by atoms with Crippen LogP contribution in [-0.2, 0) is 19.4 Å². The number of amides is 2. The van der Waals surface area contributed by atoms with E-state index in [4.69, 9.17) is 4.74 Å². The third kappa shape index (κ3) is 6.87. The largest absolute Gasteiger partial charge is 0.493 e. The molecule has 0 saturated heterocycles. The van der Waals surface area contributed by atoms with Crippen LogP contribution in [0.4, 0.5) is 0 Å². The first-order valence-corrected chi connectivity index (χ1v) is 15.6. The number of carbonyl (C=O) groups is 3. The van der Waals surface area contributed by atoms with E-state index in [-0.39, 0.29) is 17.6 Å². The Balaban J connectivity index is 0.959. The molecule has 1 aliphatic heterocycles. The lowest BCUT2D eigenvalue weighted by Crippen LogP contribution is -2.25. The van der Waals surface area contributed by atoms with Gasteiger partial charge in [0.25, 0.3) is 11.8 Å². The highest BCUT2D eigenvalue weighted by Gasteiger charge is 2.36. The Morgan fingerprint density at radius 3 is 2.58 bits per heavy atom. The summed E-state index contributed by atoms with van der Waals surface area (Å²) >= 11 is 0. The number of nitrogens with zero attached hydrogens (tertiary/aromatic N) is 1. The molecule has 7 heteroatoms. The number of ether oxygens (including phenoxy) is 1. The Kier molecular flexibility index (Phi) is 8.68. The fourth-order valence-electron chi connectivity index (χ4n) is 6.42. The summed E-state index contributed by atoms with van der Waals surface area (Å²) in [7, 11) is 0. The summed E-state index contributed by atoms with van der Waals surface area (Å²) in [4.78, 5) is 42.8. The Labute approximate surface area is 253 Å². The van der Waals surface area contributed by atoms with Crippen LogP contribution in [0.3, 0.4) is 0 Å². The Morgan fingerprint density at radius 2 is 1.77 bits per heavy atom. The molecule has 2 aliphatic carbocycles. The molecule has 2 aromatic carbocycles. The molecule has 1 aromatic heterocycles. The highest BCUT2D eigenvalue weighted by molar-refractivity contribution is 6.00. The van der Waals surface area contributed by atoms with Crippen LogP contribution in [0.2, 0.25) is 0 Å². The normalized spacial score (nSPS) is 16.6. The van der Waals surface area contributed by atoms with Gasteiger partial charge in [0.2, 0.25) is 0 Å². The minimum atomic E-state index is -0.257. The molecule has 2 amide bonds. The van der Waals surface area contributed by atoms with Crippen molar-refractivity contribution in [3.63, 3.8) is 0 Å². The fraction of sp³-hybridized carbons (Fsp3) is 0.389. The molecule has 2 N–H and O–H groups in total. The van der Waals surface area contributed by atoms with Gasteiger partial charge in [0, 0.05) is 49.2 Å². The third-order valence-corrected chi connectivity index (χ3v) is 8.97. The molecule has 1 fully saturated rings.